The molecular formula is C10H17NO. The van der Waals surface area contributed by atoms with Crippen LogP contribution in [0.5, 0.6) is 0 Å². The molecule has 0 spiro atoms. The highest BCUT2D eigenvalue weighted by Gasteiger charge is 1.96. The third-order valence-corrected chi connectivity index (χ3v) is 1.64. The maximum absolute atomic E-state index is 9.32. The second-order valence-corrected chi connectivity index (χ2v) is 2.94. The Morgan fingerprint density at radius 2 is 2.00 bits per heavy atom. The minimum Gasteiger partial charge on any atom is -0.508 e. The number of rotatable bonds is 3. The molecule has 2 heteroatoms. The Morgan fingerprint density at radius 3 is 2.33 bits per heavy atom. The highest BCUT2D eigenvalue weighted by Crippen LogP contribution is 2.09. The maximum Gasteiger partial charge on any atom is 0.116 e. The molecule has 0 aliphatic heterocycles. The summed E-state index contributed by atoms with van der Waals surface area (Å²) in [6.45, 7) is 9.39. The quantitative estimate of drug-likeness (QED) is 0.501. The fraction of sp³-hybridized carbons (Fsp3) is 0.400. The molecule has 0 aromatic carbocycles. The van der Waals surface area contributed by atoms with Crippen LogP contribution in [0.2, 0.25) is 0 Å². The SMILES string of the molecule is C=C(CC)/C(N)=C\C(O)=C(C)C. The first-order valence-electron chi connectivity index (χ1n) is 4.00. The Morgan fingerprint density at radius 1 is 1.50 bits per heavy atom. The molecular weight excluding hydrogens is 150 g/mol. The molecule has 0 aliphatic rings. The van der Waals surface area contributed by atoms with E-state index in [9.17, 15) is 5.11 Å². The topological polar surface area (TPSA) is 46.2 Å². The summed E-state index contributed by atoms with van der Waals surface area (Å²) in [7, 11) is 0. The van der Waals surface area contributed by atoms with E-state index in [0.29, 0.717) is 5.70 Å². The van der Waals surface area contributed by atoms with Crippen molar-refractivity contribution in [3.05, 3.63) is 35.3 Å². The first kappa shape index (κ1) is 10.8. The van der Waals surface area contributed by atoms with E-state index >= 15 is 0 Å². The van der Waals surface area contributed by atoms with Crippen molar-refractivity contribution in [2.45, 2.75) is 27.2 Å². The fourth-order valence-corrected chi connectivity index (χ4v) is 0.598. The van der Waals surface area contributed by atoms with E-state index in [4.69, 9.17) is 5.73 Å². The molecule has 68 valence electrons. The molecule has 12 heavy (non-hydrogen) atoms. The summed E-state index contributed by atoms with van der Waals surface area (Å²) in [4.78, 5) is 0. The Labute approximate surface area is 74.1 Å². The predicted octanol–water partition coefficient (Wildman–Crippen LogP) is 2.65. The summed E-state index contributed by atoms with van der Waals surface area (Å²) in [5.41, 5.74) is 7.88. The molecule has 0 fully saturated rings. The number of aliphatic hydroxyl groups is 1. The second-order valence-electron chi connectivity index (χ2n) is 2.94. The standard InChI is InChI=1S/C10H17NO/c1-5-8(4)9(11)6-10(12)7(2)3/h6,12H,4-5,11H2,1-3H3/b9-6+. The van der Waals surface area contributed by atoms with Gasteiger partial charge in [0.25, 0.3) is 0 Å². The van der Waals surface area contributed by atoms with E-state index in [1.807, 2.05) is 20.8 Å². The maximum atomic E-state index is 9.32. The molecule has 3 N–H and O–H groups in total. The summed E-state index contributed by atoms with van der Waals surface area (Å²) in [6, 6.07) is 0. The van der Waals surface area contributed by atoms with Crippen LogP contribution in [0.25, 0.3) is 0 Å². The number of hydrogen-bond donors (Lipinski definition) is 2. The van der Waals surface area contributed by atoms with Crippen molar-refractivity contribution >= 4 is 0 Å². The highest BCUT2D eigenvalue weighted by molar-refractivity contribution is 5.31. The molecule has 0 aliphatic carbocycles. The number of allylic oxidation sites excluding steroid dienone is 3. The number of aliphatic hydroxyl groups excluding tert-OH is 1. The third kappa shape index (κ3) is 3.28. The zero-order valence-corrected chi connectivity index (χ0v) is 8.02. The Kier molecular flexibility index (Phi) is 4.19. The monoisotopic (exact) mass is 167 g/mol. The lowest BCUT2D eigenvalue weighted by atomic mass is 10.1. The summed E-state index contributed by atoms with van der Waals surface area (Å²) >= 11 is 0. The van der Waals surface area contributed by atoms with E-state index < -0.39 is 0 Å². The van der Waals surface area contributed by atoms with Crippen LogP contribution in [0, 0.1) is 0 Å². The van der Waals surface area contributed by atoms with Gasteiger partial charge in [-0.1, -0.05) is 13.5 Å². The van der Waals surface area contributed by atoms with Crippen LogP contribution in [0.3, 0.4) is 0 Å². The van der Waals surface area contributed by atoms with Crippen molar-refractivity contribution < 1.29 is 5.11 Å². The fourth-order valence-electron chi connectivity index (χ4n) is 0.598. The molecule has 0 aromatic rings. The lowest BCUT2D eigenvalue weighted by Crippen LogP contribution is -2.00. The second kappa shape index (κ2) is 4.65. The normalized spacial score (nSPS) is 11.1. The van der Waals surface area contributed by atoms with Crippen molar-refractivity contribution in [2.24, 2.45) is 5.73 Å². The van der Waals surface area contributed by atoms with Crippen LogP contribution >= 0.6 is 0 Å². The van der Waals surface area contributed by atoms with Gasteiger partial charge in [-0.05, 0) is 31.4 Å². The van der Waals surface area contributed by atoms with Gasteiger partial charge in [0.05, 0.1) is 0 Å². The van der Waals surface area contributed by atoms with Crippen LogP contribution in [-0.2, 0) is 0 Å². The van der Waals surface area contributed by atoms with E-state index in [0.717, 1.165) is 17.6 Å². The number of hydrogen-bond acceptors (Lipinski definition) is 2. The largest absolute Gasteiger partial charge is 0.508 e. The van der Waals surface area contributed by atoms with Gasteiger partial charge in [-0.15, -0.1) is 0 Å². The van der Waals surface area contributed by atoms with Gasteiger partial charge in [0.2, 0.25) is 0 Å². The van der Waals surface area contributed by atoms with Crippen molar-refractivity contribution in [3.63, 3.8) is 0 Å². The lowest BCUT2D eigenvalue weighted by molar-refractivity contribution is 0.425. The van der Waals surface area contributed by atoms with Gasteiger partial charge >= 0.3 is 0 Å². The molecule has 0 saturated carbocycles. The third-order valence-electron chi connectivity index (χ3n) is 1.64. The molecule has 0 amide bonds. The minimum atomic E-state index is 0.224. The zero-order chi connectivity index (χ0) is 9.72. The first-order chi connectivity index (χ1) is 5.49. The average Bonchev–Trinajstić information content (AvgIpc) is 2.02. The Bertz CT molecular complexity index is 232. The molecule has 0 bridgehead atoms. The zero-order valence-electron chi connectivity index (χ0n) is 8.02. The van der Waals surface area contributed by atoms with E-state index in [2.05, 4.69) is 6.58 Å². The summed E-state index contributed by atoms with van der Waals surface area (Å²) < 4.78 is 0. The van der Waals surface area contributed by atoms with Crippen molar-refractivity contribution in [3.8, 4) is 0 Å². The Balaban J connectivity index is 4.58. The lowest BCUT2D eigenvalue weighted by Gasteiger charge is -2.02. The molecule has 0 unspecified atom stereocenters. The van der Waals surface area contributed by atoms with Crippen LogP contribution in [0.15, 0.2) is 35.3 Å². The predicted molar refractivity (Wildman–Crippen MR) is 52.7 cm³/mol. The van der Waals surface area contributed by atoms with Gasteiger partial charge < -0.3 is 10.8 Å². The average molecular weight is 167 g/mol. The van der Waals surface area contributed by atoms with Crippen LogP contribution in [-0.4, -0.2) is 5.11 Å². The molecule has 0 rings (SSSR count). The van der Waals surface area contributed by atoms with Gasteiger partial charge in [0.1, 0.15) is 5.76 Å². The van der Waals surface area contributed by atoms with Gasteiger partial charge in [0.15, 0.2) is 0 Å². The van der Waals surface area contributed by atoms with Crippen LogP contribution in [0.4, 0.5) is 0 Å². The van der Waals surface area contributed by atoms with E-state index in [1.54, 1.807) is 6.08 Å². The molecule has 0 radical (unpaired) electrons. The van der Waals surface area contributed by atoms with Crippen molar-refractivity contribution in [1.29, 1.82) is 0 Å². The molecule has 0 heterocycles. The molecule has 2 nitrogen and oxygen atoms in total. The summed E-state index contributed by atoms with van der Waals surface area (Å²) in [5.74, 6) is 0.224. The van der Waals surface area contributed by atoms with E-state index in [1.165, 1.54) is 0 Å². The van der Waals surface area contributed by atoms with Crippen molar-refractivity contribution in [1.82, 2.24) is 0 Å². The Hall–Kier alpha value is -1.18. The van der Waals surface area contributed by atoms with Crippen LogP contribution in [0.1, 0.15) is 27.2 Å². The van der Waals surface area contributed by atoms with Gasteiger partial charge in [-0.3, -0.25) is 0 Å². The van der Waals surface area contributed by atoms with Crippen LogP contribution < -0.4 is 5.73 Å². The first-order valence-corrected chi connectivity index (χ1v) is 4.00. The van der Waals surface area contributed by atoms with Gasteiger partial charge in [0, 0.05) is 11.8 Å². The molecule has 0 aromatic heterocycles. The minimum absolute atomic E-state index is 0.224. The summed E-state index contributed by atoms with van der Waals surface area (Å²) in [6.07, 6.45) is 2.35. The number of nitrogens with two attached hydrogens (primary N) is 1. The van der Waals surface area contributed by atoms with Gasteiger partial charge in [-0.2, -0.15) is 0 Å². The highest BCUT2D eigenvalue weighted by atomic mass is 16.3. The molecule has 0 atom stereocenters. The van der Waals surface area contributed by atoms with Gasteiger partial charge in [-0.25, -0.2) is 0 Å². The molecule has 0 saturated heterocycles. The summed E-state index contributed by atoms with van der Waals surface area (Å²) in [5, 5.41) is 9.32. The van der Waals surface area contributed by atoms with Crippen molar-refractivity contribution in [2.75, 3.05) is 0 Å². The smallest absolute Gasteiger partial charge is 0.116 e. The van der Waals surface area contributed by atoms with E-state index in [-0.39, 0.29) is 5.76 Å².